The highest BCUT2D eigenvalue weighted by Gasteiger charge is 2.28. The largest absolute Gasteiger partial charge is 0.493 e. The molecule has 1 aliphatic carbocycles. The lowest BCUT2D eigenvalue weighted by Gasteiger charge is -2.35. The monoisotopic (exact) mass is 430 g/mol. The SMILES string of the molecule is CCN(CC(=O)N[C@@H]1CCC[C@H](C)[C@@H]1C)Cc1nc2cc(OC)c(OC)cc2c(=O)[nH]1. The van der Waals surface area contributed by atoms with E-state index in [1.54, 1.807) is 19.2 Å². The van der Waals surface area contributed by atoms with Crippen LogP contribution in [0.15, 0.2) is 16.9 Å². The summed E-state index contributed by atoms with van der Waals surface area (Å²) in [4.78, 5) is 34.7. The second-order valence-corrected chi connectivity index (χ2v) is 8.48. The van der Waals surface area contributed by atoms with Crippen LogP contribution in [0.4, 0.5) is 0 Å². The number of H-pyrrole nitrogens is 1. The predicted molar refractivity (Wildman–Crippen MR) is 121 cm³/mol. The summed E-state index contributed by atoms with van der Waals surface area (Å²) in [5, 5.41) is 3.65. The van der Waals surface area contributed by atoms with Crippen molar-refractivity contribution in [3.05, 3.63) is 28.3 Å². The number of nitrogens with one attached hydrogen (secondary N) is 2. The third-order valence-corrected chi connectivity index (χ3v) is 6.50. The molecule has 1 amide bonds. The van der Waals surface area contributed by atoms with Gasteiger partial charge in [0.1, 0.15) is 5.82 Å². The Labute approximate surface area is 183 Å². The smallest absolute Gasteiger partial charge is 0.258 e. The molecule has 1 fully saturated rings. The molecule has 31 heavy (non-hydrogen) atoms. The maximum atomic E-state index is 12.7. The molecular weight excluding hydrogens is 396 g/mol. The van der Waals surface area contributed by atoms with Crippen LogP contribution in [0.2, 0.25) is 0 Å². The van der Waals surface area contributed by atoms with Gasteiger partial charge in [-0.25, -0.2) is 4.98 Å². The Morgan fingerprint density at radius 2 is 1.94 bits per heavy atom. The molecule has 3 rings (SSSR count). The molecule has 0 spiro atoms. The molecule has 170 valence electrons. The Bertz CT molecular complexity index is 974. The number of fused-ring (bicyclic) bond motifs is 1. The maximum absolute atomic E-state index is 12.7. The van der Waals surface area contributed by atoms with E-state index in [0.717, 1.165) is 12.8 Å². The first-order valence-electron chi connectivity index (χ1n) is 11.0. The Morgan fingerprint density at radius 1 is 1.23 bits per heavy atom. The van der Waals surface area contributed by atoms with Crippen molar-refractivity contribution in [1.82, 2.24) is 20.2 Å². The molecular formula is C23H34N4O4. The molecule has 2 aromatic rings. The number of hydrogen-bond donors (Lipinski definition) is 2. The van der Waals surface area contributed by atoms with Crippen LogP contribution in [-0.2, 0) is 11.3 Å². The van der Waals surface area contributed by atoms with Crippen molar-refractivity contribution < 1.29 is 14.3 Å². The number of nitrogens with zero attached hydrogens (tertiary/aromatic N) is 2. The quantitative estimate of drug-likeness (QED) is 0.668. The lowest BCUT2D eigenvalue weighted by molar-refractivity contribution is -0.123. The Kier molecular flexibility index (Phi) is 7.54. The fraction of sp³-hybridized carbons (Fsp3) is 0.609. The van der Waals surface area contributed by atoms with Crippen molar-refractivity contribution >= 4 is 16.8 Å². The highest BCUT2D eigenvalue weighted by Crippen LogP contribution is 2.30. The van der Waals surface area contributed by atoms with Crippen LogP contribution >= 0.6 is 0 Å². The zero-order valence-corrected chi connectivity index (χ0v) is 19.2. The number of aromatic amines is 1. The van der Waals surface area contributed by atoms with Crippen molar-refractivity contribution in [2.24, 2.45) is 11.8 Å². The minimum Gasteiger partial charge on any atom is -0.493 e. The molecule has 1 saturated carbocycles. The van der Waals surface area contributed by atoms with E-state index in [2.05, 4.69) is 29.1 Å². The first kappa shape index (κ1) is 23.1. The van der Waals surface area contributed by atoms with Crippen LogP contribution in [0.25, 0.3) is 10.9 Å². The van der Waals surface area contributed by atoms with Crippen LogP contribution in [0.1, 0.15) is 45.9 Å². The van der Waals surface area contributed by atoms with E-state index >= 15 is 0 Å². The minimum atomic E-state index is -0.244. The van der Waals surface area contributed by atoms with Crippen molar-refractivity contribution in [2.45, 2.75) is 52.6 Å². The van der Waals surface area contributed by atoms with Gasteiger partial charge in [-0.1, -0.05) is 33.6 Å². The second kappa shape index (κ2) is 10.1. The fourth-order valence-corrected chi connectivity index (χ4v) is 4.32. The average Bonchev–Trinajstić information content (AvgIpc) is 2.75. The lowest BCUT2D eigenvalue weighted by atomic mass is 9.78. The zero-order valence-electron chi connectivity index (χ0n) is 19.2. The predicted octanol–water partition coefficient (Wildman–Crippen LogP) is 2.70. The summed E-state index contributed by atoms with van der Waals surface area (Å²) >= 11 is 0. The van der Waals surface area contributed by atoms with Crippen LogP contribution in [0, 0.1) is 11.8 Å². The van der Waals surface area contributed by atoms with Crippen LogP contribution in [0.3, 0.4) is 0 Å². The number of hydrogen-bond acceptors (Lipinski definition) is 6. The topological polar surface area (TPSA) is 96.6 Å². The standard InChI is InChI=1S/C23H34N4O4/c1-6-27(13-22(28)25-17-9-7-8-14(2)15(17)3)12-21-24-18-11-20(31-5)19(30-4)10-16(18)23(29)26-21/h10-11,14-15,17H,6-9,12-13H2,1-5H3,(H,25,28)(H,24,26,29)/t14-,15-,17+/m0/s1. The second-order valence-electron chi connectivity index (χ2n) is 8.48. The summed E-state index contributed by atoms with van der Waals surface area (Å²) in [6, 6.07) is 3.55. The number of carbonyl (C=O) groups is 1. The van der Waals surface area contributed by atoms with Crippen molar-refractivity contribution in [3.63, 3.8) is 0 Å². The van der Waals surface area contributed by atoms with Crippen LogP contribution < -0.4 is 20.3 Å². The number of benzene rings is 1. The molecule has 0 saturated heterocycles. The molecule has 0 bridgehead atoms. The van der Waals surface area contributed by atoms with Gasteiger partial charge in [0.25, 0.3) is 5.56 Å². The Balaban J connectivity index is 1.72. The van der Waals surface area contributed by atoms with Gasteiger partial charge in [0, 0.05) is 12.1 Å². The average molecular weight is 431 g/mol. The van der Waals surface area contributed by atoms with Gasteiger partial charge in [-0.15, -0.1) is 0 Å². The highest BCUT2D eigenvalue weighted by molar-refractivity contribution is 5.82. The van der Waals surface area contributed by atoms with Gasteiger partial charge in [0.15, 0.2) is 11.5 Å². The minimum absolute atomic E-state index is 0.0161. The molecule has 1 heterocycles. The molecule has 1 aromatic carbocycles. The van der Waals surface area contributed by atoms with Gasteiger partial charge in [-0.2, -0.15) is 0 Å². The van der Waals surface area contributed by atoms with E-state index in [0.29, 0.717) is 53.2 Å². The van der Waals surface area contributed by atoms with E-state index in [4.69, 9.17) is 9.47 Å². The normalized spacial score (nSPS) is 21.3. The number of aromatic nitrogens is 2. The third kappa shape index (κ3) is 5.36. The fourth-order valence-electron chi connectivity index (χ4n) is 4.32. The van der Waals surface area contributed by atoms with E-state index < -0.39 is 0 Å². The first-order valence-corrected chi connectivity index (χ1v) is 11.0. The Morgan fingerprint density at radius 3 is 2.61 bits per heavy atom. The van der Waals surface area contributed by atoms with Gasteiger partial charge in [-0.05, 0) is 30.9 Å². The summed E-state index contributed by atoms with van der Waals surface area (Å²) in [7, 11) is 3.07. The van der Waals surface area contributed by atoms with Crippen molar-refractivity contribution in [3.8, 4) is 11.5 Å². The van der Waals surface area contributed by atoms with E-state index in [-0.39, 0.29) is 24.1 Å². The third-order valence-electron chi connectivity index (χ3n) is 6.50. The molecule has 0 aliphatic heterocycles. The maximum Gasteiger partial charge on any atom is 0.258 e. The Hall–Kier alpha value is -2.61. The van der Waals surface area contributed by atoms with Gasteiger partial charge < -0.3 is 19.8 Å². The van der Waals surface area contributed by atoms with Gasteiger partial charge in [0.05, 0.1) is 38.2 Å². The van der Waals surface area contributed by atoms with Crippen LogP contribution in [0.5, 0.6) is 11.5 Å². The van der Waals surface area contributed by atoms with Gasteiger partial charge in [0.2, 0.25) is 5.91 Å². The number of likely N-dealkylation sites (N-methyl/N-ethyl adjacent to an activating group) is 1. The number of rotatable bonds is 8. The van der Waals surface area contributed by atoms with Gasteiger partial charge in [-0.3, -0.25) is 14.5 Å². The molecule has 3 atom stereocenters. The van der Waals surface area contributed by atoms with E-state index in [9.17, 15) is 9.59 Å². The zero-order chi connectivity index (χ0) is 22.5. The number of methoxy groups -OCH3 is 2. The number of ether oxygens (including phenoxy) is 2. The van der Waals surface area contributed by atoms with E-state index in [1.165, 1.54) is 13.5 Å². The lowest BCUT2D eigenvalue weighted by Crippen LogP contribution is -2.47. The molecule has 2 N–H and O–H groups in total. The summed E-state index contributed by atoms with van der Waals surface area (Å²) < 4.78 is 10.6. The summed E-state index contributed by atoms with van der Waals surface area (Å²) in [5.41, 5.74) is 0.286. The molecule has 1 aliphatic rings. The molecule has 8 heteroatoms. The van der Waals surface area contributed by atoms with Crippen molar-refractivity contribution in [1.29, 1.82) is 0 Å². The highest BCUT2D eigenvalue weighted by atomic mass is 16.5. The summed E-state index contributed by atoms with van der Waals surface area (Å²) in [6.07, 6.45) is 3.42. The number of carbonyl (C=O) groups excluding carboxylic acids is 1. The van der Waals surface area contributed by atoms with E-state index in [1.807, 2.05) is 11.8 Å². The number of amides is 1. The first-order chi connectivity index (χ1) is 14.9. The molecule has 0 radical (unpaired) electrons. The van der Waals surface area contributed by atoms with Crippen molar-refractivity contribution in [2.75, 3.05) is 27.3 Å². The van der Waals surface area contributed by atoms with Gasteiger partial charge >= 0.3 is 0 Å². The summed E-state index contributed by atoms with van der Waals surface area (Å²) in [6.45, 7) is 7.78. The van der Waals surface area contributed by atoms with Crippen LogP contribution in [-0.4, -0.2) is 54.1 Å². The molecule has 8 nitrogen and oxygen atoms in total. The molecule has 1 aromatic heterocycles. The summed E-state index contributed by atoms with van der Waals surface area (Å²) in [5.74, 6) is 2.64. The molecule has 0 unspecified atom stereocenters.